The molecule has 2 aliphatic heterocycles. The third-order valence-electron chi connectivity index (χ3n) is 3.89. The van der Waals surface area contributed by atoms with Crippen LogP contribution in [-0.2, 0) is 14.3 Å². The first kappa shape index (κ1) is 13.0. The SMILES string of the molecule is NC1(C(=O)CCCC2CCCO2)CCOCC1. The summed E-state index contributed by atoms with van der Waals surface area (Å²) in [4.78, 5) is 12.1. The van der Waals surface area contributed by atoms with Crippen molar-refractivity contribution in [2.75, 3.05) is 19.8 Å². The zero-order valence-electron chi connectivity index (χ0n) is 10.5. The largest absolute Gasteiger partial charge is 0.381 e. The molecule has 0 aromatic rings. The number of rotatable bonds is 5. The van der Waals surface area contributed by atoms with Crippen LogP contribution in [0.3, 0.4) is 0 Å². The van der Waals surface area contributed by atoms with Gasteiger partial charge in [0.1, 0.15) is 0 Å². The number of Topliss-reactive ketones (excluding diaryl/α,β-unsaturated/α-hetero) is 1. The van der Waals surface area contributed by atoms with Gasteiger partial charge in [0.05, 0.1) is 11.6 Å². The molecule has 0 aromatic carbocycles. The molecule has 98 valence electrons. The number of ketones is 1. The fraction of sp³-hybridized carbons (Fsp3) is 0.923. The summed E-state index contributed by atoms with van der Waals surface area (Å²) in [6.07, 6.45) is 6.54. The van der Waals surface area contributed by atoms with Gasteiger partial charge < -0.3 is 15.2 Å². The molecular formula is C13H23NO3. The first-order valence-corrected chi connectivity index (χ1v) is 6.72. The summed E-state index contributed by atoms with van der Waals surface area (Å²) in [6.45, 7) is 2.12. The number of carbonyl (C=O) groups excluding carboxylic acids is 1. The summed E-state index contributed by atoms with van der Waals surface area (Å²) in [5, 5.41) is 0. The molecule has 2 N–H and O–H groups in total. The monoisotopic (exact) mass is 241 g/mol. The predicted octanol–water partition coefficient (Wildman–Crippen LogP) is 1.41. The van der Waals surface area contributed by atoms with E-state index in [0.717, 1.165) is 32.3 Å². The van der Waals surface area contributed by atoms with Crippen LogP contribution in [-0.4, -0.2) is 37.2 Å². The van der Waals surface area contributed by atoms with E-state index in [9.17, 15) is 4.79 Å². The van der Waals surface area contributed by atoms with Gasteiger partial charge in [-0.25, -0.2) is 0 Å². The maximum absolute atomic E-state index is 12.1. The van der Waals surface area contributed by atoms with Gasteiger partial charge in [-0.1, -0.05) is 0 Å². The Bertz CT molecular complexity index is 255. The minimum absolute atomic E-state index is 0.207. The predicted molar refractivity (Wildman–Crippen MR) is 64.8 cm³/mol. The zero-order valence-corrected chi connectivity index (χ0v) is 10.5. The van der Waals surface area contributed by atoms with Crippen molar-refractivity contribution >= 4 is 5.78 Å². The molecule has 2 saturated heterocycles. The van der Waals surface area contributed by atoms with Gasteiger partial charge in [0.15, 0.2) is 5.78 Å². The second-order valence-electron chi connectivity index (χ2n) is 5.22. The summed E-state index contributed by atoms with van der Waals surface area (Å²) in [7, 11) is 0. The molecule has 17 heavy (non-hydrogen) atoms. The van der Waals surface area contributed by atoms with Gasteiger partial charge in [-0.15, -0.1) is 0 Å². The number of hydrogen-bond acceptors (Lipinski definition) is 4. The molecule has 2 heterocycles. The summed E-state index contributed by atoms with van der Waals surface area (Å²) in [5.74, 6) is 0.207. The number of carbonyl (C=O) groups is 1. The van der Waals surface area contributed by atoms with E-state index in [0.29, 0.717) is 38.6 Å². The van der Waals surface area contributed by atoms with E-state index in [4.69, 9.17) is 15.2 Å². The van der Waals surface area contributed by atoms with Crippen LogP contribution in [0.1, 0.15) is 44.9 Å². The Kier molecular flexibility index (Phi) is 4.54. The molecule has 2 aliphatic rings. The van der Waals surface area contributed by atoms with Crippen molar-refractivity contribution in [1.82, 2.24) is 0 Å². The molecule has 1 unspecified atom stereocenters. The molecule has 2 fully saturated rings. The van der Waals surface area contributed by atoms with Gasteiger partial charge in [0, 0.05) is 26.2 Å². The molecule has 4 nitrogen and oxygen atoms in total. The van der Waals surface area contributed by atoms with Crippen molar-refractivity contribution in [1.29, 1.82) is 0 Å². The molecule has 0 amide bonds. The standard InChI is InChI=1S/C13H23NO3/c14-13(6-9-16-10-7-13)12(15)5-1-3-11-4-2-8-17-11/h11H,1-10,14H2. The van der Waals surface area contributed by atoms with E-state index < -0.39 is 5.54 Å². The van der Waals surface area contributed by atoms with Crippen molar-refractivity contribution in [3.63, 3.8) is 0 Å². The lowest BCUT2D eigenvalue weighted by molar-refractivity contribution is -0.127. The lowest BCUT2D eigenvalue weighted by Gasteiger charge is -2.31. The van der Waals surface area contributed by atoms with Crippen molar-refractivity contribution in [2.45, 2.75) is 56.6 Å². The third kappa shape index (κ3) is 3.50. The van der Waals surface area contributed by atoms with E-state index in [1.807, 2.05) is 0 Å². The van der Waals surface area contributed by atoms with E-state index in [2.05, 4.69) is 0 Å². The van der Waals surface area contributed by atoms with E-state index >= 15 is 0 Å². The van der Waals surface area contributed by atoms with Crippen molar-refractivity contribution < 1.29 is 14.3 Å². The van der Waals surface area contributed by atoms with Crippen LogP contribution < -0.4 is 5.73 Å². The van der Waals surface area contributed by atoms with Gasteiger partial charge in [0.2, 0.25) is 0 Å². The van der Waals surface area contributed by atoms with Crippen LogP contribution in [0.25, 0.3) is 0 Å². The smallest absolute Gasteiger partial charge is 0.152 e. The highest BCUT2D eigenvalue weighted by molar-refractivity contribution is 5.88. The Morgan fingerprint density at radius 2 is 2.06 bits per heavy atom. The number of hydrogen-bond donors (Lipinski definition) is 1. The molecule has 0 saturated carbocycles. The van der Waals surface area contributed by atoms with E-state index in [1.165, 1.54) is 0 Å². The fourth-order valence-electron chi connectivity index (χ4n) is 2.63. The minimum atomic E-state index is -0.616. The van der Waals surface area contributed by atoms with Crippen LogP contribution in [0.4, 0.5) is 0 Å². The lowest BCUT2D eigenvalue weighted by Crippen LogP contribution is -2.51. The number of nitrogens with two attached hydrogens (primary N) is 1. The van der Waals surface area contributed by atoms with Crippen LogP contribution in [0.5, 0.6) is 0 Å². The van der Waals surface area contributed by atoms with Gasteiger partial charge in [-0.05, 0) is 38.5 Å². The highest BCUT2D eigenvalue weighted by atomic mass is 16.5. The summed E-state index contributed by atoms with van der Waals surface area (Å²) >= 11 is 0. The quantitative estimate of drug-likeness (QED) is 0.790. The maximum Gasteiger partial charge on any atom is 0.152 e. The molecule has 1 atom stereocenters. The fourth-order valence-corrected chi connectivity index (χ4v) is 2.63. The molecule has 0 aliphatic carbocycles. The zero-order chi connectivity index (χ0) is 12.1. The van der Waals surface area contributed by atoms with Gasteiger partial charge in [-0.2, -0.15) is 0 Å². The topological polar surface area (TPSA) is 61.6 Å². The average Bonchev–Trinajstić information content (AvgIpc) is 2.83. The minimum Gasteiger partial charge on any atom is -0.381 e. The van der Waals surface area contributed by atoms with E-state index in [1.54, 1.807) is 0 Å². The van der Waals surface area contributed by atoms with Crippen molar-refractivity contribution in [3.05, 3.63) is 0 Å². The first-order chi connectivity index (χ1) is 8.21. The first-order valence-electron chi connectivity index (χ1n) is 6.72. The molecule has 4 heteroatoms. The summed E-state index contributed by atoms with van der Waals surface area (Å²) in [5.41, 5.74) is 5.52. The normalized spacial score (nSPS) is 28.2. The second kappa shape index (κ2) is 5.94. The third-order valence-corrected chi connectivity index (χ3v) is 3.89. The summed E-state index contributed by atoms with van der Waals surface area (Å²) in [6, 6.07) is 0. The number of ether oxygens (including phenoxy) is 2. The molecule has 0 aromatic heterocycles. The van der Waals surface area contributed by atoms with Crippen LogP contribution in [0.2, 0.25) is 0 Å². The molecular weight excluding hydrogens is 218 g/mol. The Morgan fingerprint density at radius 1 is 1.29 bits per heavy atom. The van der Waals surface area contributed by atoms with Crippen LogP contribution in [0.15, 0.2) is 0 Å². The second-order valence-corrected chi connectivity index (χ2v) is 5.22. The molecule has 2 rings (SSSR count). The van der Waals surface area contributed by atoms with Crippen LogP contribution in [0, 0.1) is 0 Å². The Labute approximate surface area is 103 Å². The van der Waals surface area contributed by atoms with Gasteiger partial charge >= 0.3 is 0 Å². The lowest BCUT2D eigenvalue weighted by atomic mass is 9.84. The molecule has 0 bridgehead atoms. The maximum atomic E-state index is 12.1. The Hall–Kier alpha value is -0.450. The van der Waals surface area contributed by atoms with Crippen LogP contribution >= 0.6 is 0 Å². The van der Waals surface area contributed by atoms with Crippen molar-refractivity contribution in [3.8, 4) is 0 Å². The van der Waals surface area contributed by atoms with Crippen molar-refractivity contribution in [2.24, 2.45) is 5.73 Å². The van der Waals surface area contributed by atoms with E-state index in [-0.39, 0.29) is 5.78 Å². The average molecular weight is 241 g/mol. The molecule has 0 radical (unpaired) electrons. The Morgan fingerprint density at radius 3 is 2.71 bits per heavy atom. The summed E-state index contributed by atoms with van der Waals surface area (Å²) < 4.78 is 10.8. The van der Waals surface area contributed by atoms with Gasteiger partial charge in [0.25, 0.3) is 0 Å². The highest BCUT2D eigenvalue weighted by Crippen LogP contribution is 2.23. The highest BCUT2D eigenvalue weighted by Gasteiger charge is 2.34. The molecule has 0 spiro atoms. The van der Waals surface area contributed by atoms with Gasteiger partial charge in [-0.3, -0.25) is 4.79 Å². The Balaban J connectivity index is 1.68.